The van der Waals surface area contributed by atoms with Gasteiger partial charge in [-0.3, -0.25) is 0 Å². The summed E-state index contributed by atoms with van der Waals surface area (Å²) in [6.45, 7) is 7.35. The van der Waals surface area contributed by atoms with Crippen LogP contribution in [-0.4, -0.2) is 14.8 Å². The van der Waals surface area contributed by atoms with Gasteiger partial charge in [0.1, 0.15) is 0 Å². The van der Waals surface area contributed by atoms with Crippen LogP contribution < -0.4 is 36.3 Å². The summed E-state index contributed by atoms with van der Waals surface area (Å²) in [7, 11) is -1.78. The van der Waals surface area contributed by atoms with Gasteiger partial charge in [-0.05, 0) is 105 Å². The zero-order valence-electron chi connectivity index (χ0n) is 38.6. The van der Waals surface area contributed by atoms with Gasteiger partial charge in [-0.1, -0.05) is 207 Å². The Morgan fingerprint density at radius 1 is 0.324 bits per heavy atom. The molecule has 0 spiro atoms. The molecule has 0 unspecified atom stereocenters. The van der Waals surface area contributed by atoms with E-state index in [1.165, 1.54) is 77.7 Å². The Labute approximate surface area is 402 Å². The molecule has 0 saturated carbocycles. The van der Waals surface area contributed by atoms with E-state index in [0.29, 0.717) is 0 Å². The third kappa shape index (κ3) is 7.15. The van der Waals surface area contributed by atoms with E-state index in [-0.39, 0.29) is 6.71 Å². The zero-order valence-corrected chi connectivity index (χ0v) is 39.6. The molecule has 2 aliphatic rings. The molecule has 68 heavy (non-hydrogen) atoms. The third-order valence-corrected chi connectivity index (χ3v) is 15.8. The fourth-order valence-corrected chi connectivity index (χ4v) is 11.7. The Balaban J connectivity index is 1.22. The lowest BCUT2D eigenvalue weighted by molar-refractivity contribution is 1.24. The van der Waals surface area contributed by atoms with Crippen LogP contribution in [0.4, 0.5) is 51.2 Å². The van der Waals surface area contributed by atoms with E-state index in [0.717, 1.165) is 28.4 Å². The first-order valence-electron chi connectivity index (χ1n) is 23.7. The number of hydrogen-bond donors (Lipinski definition) is 0. The minimum atomic E-state index is -1.78. The topological polar surface area (TPSA) is 9.72 Å². The number of para-hydroxylation sites is 4. The fraction of sp³-hybridized carbons (Fsp3) is 0.0476. The molecule has 0 amide bonds. The van der Waals surface area contributed by atoms with Gasteiger partial charge in [0, 0.05) is 50.9 Å². The molecule has 5 heteroatoms. The summed E-state index contributed by atoms with van der Waals surface area (Å²) in [6, 6.07) is 91.8. The first kappa shape index (κ1) is 41.3. The highest BCUT2D eigenvalue weighted by Crippen LogP contribution is 2.50. The van der Waals surface area contributed by atoms with Crippen LogP contribution in [0.3, 0.4) is 0 Å². The quantitative estimate of drug-likeness (QED) is 0.134. The lowest BCUT2D eigenvalue weighted by Gasteiger charge is -2.45. The molecular weight excluding hydrogens is 838 g/mol. The molecule has 12 rings (SSSR count). The molecule has 2 aliphatic heterocycles. The smallest absolute Gasteiger partial charge is 0.252 e. The van der Waals surface area contributed by atoms with Crippen molar-refractivity contribution in [1.82, 2.24) is 0 Å². The number of fused-ring (bicyclic) bond motifs is 4. The highest BCUT2D eigenvalue weighted by Gasteiger charge is 2.45. The van der Waals surface area contributed by atoms with E-state index < -0.39 is 8.07 Å². The van der Waals surface area contributed by atoms with Gasteiger partial charge in [-0.15, -0.1) is 0 Å². The predicted molar refractivity (Wildman–Crippen MR) is 294 cm³/mol. The first-order chi connectivity index (χ1) is 33.4. The van der Waals surface area contributed by atoms with Gasteiger partial charge < -0.3 is 14.7 Å². The second kappa shape index (κ2) is 16.9. The van der Waals surface area contributed by atoms with Crippen LogP contribution in [0.15, 0.2) is 249 Å². The standard InChI is InChI=1S/C63H50BN3Si/c1-68(2,3)52-38-40-59-56(44-52)64-55-39-37-51(65(49-29-15-7-16-30-49)50-31-17-8-18-32-50)43-60(55)67(58-36-22-20-34-54(58)47-27-13-6-14-28-47)62-42-48(45-23-9-4-10-24-45)41-61(63(62)64)66(59)57-35-21-19-33-53(57)46-25-11-5-12-26-46/h4-44H,1-3H3. The van der Waals surface area contributed by atoms with Gasteiger partial charge >= 0.3 is 0 Å². The van der Waals surface area contributed by atoms with Crippen LogP contribution in [0.2, 0.25) is 19.6 Å². The minimum absolute atomic E-state index is 0.0534. The van der Waals surface area contributed by atoms with Gasteiger partial charge in [0.2, 0.25) is 0 Å². The summed E-state index contributed by atoms with van der Waals surface area (Å²) in [5.74, 6) is 0. The zero-order chi connectivity index (χ0) is 45.8. The average molecular weight is 888 g/mol. The molecule has 3 nitrogen and oxygen atoms in total. The molecule has 0 atom stereocenters. The predicted octanol–water partition coefficient (Wildman–Crippen LogP) is 14.8. The number of rotatable bonds is 9. The highest BCUT2D eigenvalue weighted by atomic mass is 28.3. The van der Waals surface area contributed by atoms with Crippen LogP contribution in [0, 0.1) is 0 Å². The summed E-state index contributed by atoms with van der Waals surface area (Å²) in [5.41, 5.74) is 21.3. The van der Waals surface area contributed by atoms with E-state index in [4.69, 9.17) is 0 Å². The van der Waals surface area contributed by atoms with Crippen molar-refractivity contribution >= 4 is 87.5 Å². The molecule has 324 valence electrons. The van der Waals surface area contributed by atoms with Crippen LogP contribution in [0.5, 0.6) is 0 Å². The van der Waals surface area contributed by atoms with Crippen molar-refractivity contribution in [2.45, 2.75) is 19.6 Å². The van der Waals surface area contributed by atoms with Crippen molar-refractivity contribution in [2.75, 3.05) is 14.7 Å². The molecule has 0 aliphatic carbocycles. The second-order valence-electron chi connectivity index (χ2n) is 18.9. The van der Waals surface area contributed by atoms with Crippen molar-refractivity contribution in [1.29, 1.82) is 0 Å². The van der Waals surface area contributed by atoms with Gasteiger partial charge in [-0.25, -0.2) is 0 Å². The summed E-state index contributed by atoms with van der Waals surface area (Å²) >= 11 is 0. The van der Waals surface area contributed by atoms with E-state index in [2.05, 4.69) is 283 Å². The van der Waals surface area contributed by atoms with E-state index in [1.807, 2.05) is 0 Å². The van der Waals surface area contributed by atoms with Crippen molar-refractivity contribution in [3.8, 4) is 33.4 Å². The van der Waals surface area contributed by atoms with Crippen LogP contribution >= 0.6 is 0 Å². The van der Waals surface area contributed by atoms with Crippen LogP contribution in [0.1, 0.15) is 0 Å². The summed E-state index contributed by atoms with van der Waals surface area (Å²) in [6.07, 6.45) is 0. The maximum Gasteiger partial charge on any atom is 0.252 e. The maximum atomic E-state index is 2.59. The SMILES string of the molecule is C[Si](C)(C)c1ccc2c(c1)B1c3ccc(N(c4ccccc4)c4ccccc4)cc3N(c3ccccc3-c3ccccc3)c3cc(-c4ccccc4)cc(c31)N2c1ccccc1-c1ccccc1. The van der Waals surface area contributed by atoms with E-state index >= 15 is 0 Å². The first-order valence-corrected chi connectivity index (χ1v) is 27.2. The van der Waals surface area contributed by atoms with Gasteiger partial charge in [-0.2, -0.15) is 0 Å². The summed E-state index contributed by atoms with van der Waals surface area (Å²) in [4.78, 5) is 7.57. The molecule has 0 fully saturated rings. The van der Waals surface area contributed by atoms with Gasteiger partial charge in [0.15, 0.2) is 0 Å². The average Bonchev–Trinajstić information content (AvgIpc) is 3.39. The number of anilines is 9. The highest BCUT2D eigenvalue weighted by molar-refractivity contribution is 7.01. The van der Waals surface area contributed by atoms with Crippen molar-refractivity contribution < 1.29 is 0 Å². The van der Waals surface area contributed by atoms with Crippen molar-refractivity contribution in [3.63, 3.8) is 0 Å². The Hall–Kier alpha value is -8.12. The van der Waals surface area contributed by atoms with Gasteiger partial charge in [0.05, 0.1) is 19.4 Å². The van der Waals surface area contributed by atoms with E-state index in [9.17, 15) is 0 Å². The van der Waals surface area contributed by atoms with Crippen LogP contribution in [-0.2, 0) is 0 Å². The lowest BCUT2D eigenvalue weighted by Crippen LogP contribution is -2.62. The summed E-state index contributed by atoms with van der Waals surface area (Å²) in [5, 5.41) is 1.45. The molecule has 2 heterocycles. The normalized spacial score (nSPS) is 12.5. The monoisotopic (exact) mass is 887 g/mol. The molecule has 0 N–H and O–H groups in total. The number of nitrogens with zero attached hydrogens (tertiary/aromatic N) is 3. The fourth-order valence-electron chi connectivity index (χ4n) is 10.6. The minimum Gasteiger partial charge on any atom is -0.311 e. The van der Waals surface area contributed by atoms with Crippen molar-refractivity contribution in [3.05, 3.63) is 249 Å². The molecule has 0 saturated heterocycles. The molecule has 0 bridgehead atoms. The number of hydrogen-bond acceptors (Lipinski definition) is 3. The Morgan fingerprint density at radius 3 is 1.29 bits per heavy atom. The Morgan fingerprint density at radius 2 is 0.779 bits per heavy atom. The largest absolute Gasteiger partial charge is 0.311 e. The Bertz CT molecular complexity index is 3410. The molecule has 0 radical (unpaired) electrons. The molecule has 10 aromatic rings. The maximum absolute atomic E-state index is 2.59. The molecule has 0 aromatic heterocycles. The number of benzene rings is 10. The second-order valence-corrected chi connectivity index (χ2v) is 24.0. The Kier molecular flexibility index (Phi) is 10.3. The van der Waals surface area contributed by atoms with Crippen molar-refractivity contribution in [2.24, 2.45) is 0 Å². The lowest BCUT2D eigenvalue weighted by atomic mass is 9.33. The third-order valence-electron chi connectivity index (χ3n) is 13.8. The van der Waals surface area contributed by atoms with E-state index in [1.54, 1.807) is 0 Å². The molecule has 10 aromatic carbocycles. The summed E-state index contributed by atoms with van der Waals surface area (Å²) < 4.78 is 0. The van der Waals surface area contributed by atoms with Gasteiger partial charge in [0.25, 0.3) is 6.71 Å². The molecular formula is C63H50BN3Si. The van der Waals surface area contributed by atoms with Crippen LogP contribution in [0.25, 0.3) is 33.4 Å².